The molecule has 1 aromatic rings. The lowest BCUT2D eigenvalue weighted by atomic mass is 9.90. The van der Waals surface area contributed by atoms with Gasteiger partial charge in [-0.05, 0) is 30.8 Å². The van der Waals surface area contributed by atoms with Crippen molar-refractivity contribution in [1.82, 2.24) is 9.97 Å². The molecule has 1 heterocycles. The fourth-order valence-corrected chi connectivity index (χ4v) is 2.28. The van der Waals surface area contributed by atoms with E-state index in [-0.39, 0.29) is 0 Å². The van der Waals surface area contributed by atoms with Crippen molar-refractivity contribution in [2.45, 2.75) is 94.4 Å². The fourth-order valence-electron chi connectivity index (χ4n) is 2.28. The van der Waals surface area contributed by atoms with Crippen LogP contribution in [0.2, 0.25) is 0 Å². The zero-order valence-electron chi connectivity index (χ0n) is 17.5. The zero-order chi connectivity index (χ0) is 18.6. The summed E-state index contributed by atoms with van der Waals surface area (Å²) in [5, 5.41) is 0. The molecular weight excluding hydrogens is 280 g/mol. The molecule has 134 valence electrons. The van der Waals surface area contributed by atoms with Gasteiger partial charge in [0.25, 0.3) is 0 Å². The highest BCUT2D eigenvalue weighted by atomic mass is 14.9. The van der Waals surface area contributed by atoms with E-state index in [9.17, 15) is 0 Å². The van der Waals surface area contributed by atoms with Crippen molar-refractivity contribution in [1.29, 1.82) is 0 Å². The standard InChI is InChI=1S/C17H28N2.2C2H6/c1-8-13(7)16-15(14(9-2)11(3)4)10-18-17(19-16)12(5)6;2*1-2/h9-13H,8H2,1-7H3;2*1-2H3/b14-9-;;. The van der Waals surface area contributed by atoms with E-state index in [4.69, 9.17) is 4.98 Å². The minimum atomic E-state index is 0.380. The van der Waals surface area contributed by atoms with Crippen LogP contribution in [-0.4, -0.2) is 9.97 Å². The highest BCUT2D eigenvalue weighted by molar-refractivity contribution is 5.68. The number of aromatic nitrogens is 2. The maximum Gasteiger partial charge on any atom is 0.131 e. The fraction of sp³-hybridized carbons (Fsp3) is 0.714. The third-order valence-corrected chi connectivity index (χ3v) is 3.68. The molecule has 1 atom stereocenters. The molecule has 1 aromatic heterocycles. The largest absolute Gasteiger partial charge is 0.240 e. The number of nitrogens with zero attached hydrogens (tertiary/aromatic N) is 2. The third kappa shape index (κ3) is 7.28. The first-order valence-electron chi connectivity index (χ1n) is 9.45. The summed E-state index contributed by atoms with van der Waals surface area (Å²) < 4.78 is 0. The molecule has 1 unspecified atom stereocenters. The summed E-state index contributed by atoms with van der Waals surface area (Å²) in [6, 6.07) is 0. The molecule has 1 rings (SSSR count). The highest BCUT2D eigenvalue weighted by Gasteiger charge is 2.18. The van der Waals surface area contributed by atoms with Crippen molar-refractivity contribution in [3.63, 3.8) is 0 Å². The van der Waals surface area contributed by atoms with Gasteiger partial charge in [0.15, 0.2) is 0 Å². The molecule has 0 aliphatic heterocycles. The minimum Gasteiger partial charge on any atom is -0.240 e. The van der Waals surface area contributed by atoms with Gasteiger partial charge in [-0.2, -0.15) is 0 Å². The molecule has 0 aromatic carbocycles. The van der Waals surface area contributed by atoms with Crippen LogP contribution in [0.5, 0.6) is 0 Å². The molecule has 2 nitrogen and oxygen atoms in total. The van der Waals surface area contributed by atoms with Gasteiger partial charge in [-0.3, -0.25) is 0 Å². The van der Waals surface area contributed by atoms with Gasteiger partial charge in [0.2, 0.25) is 0 Å². The quantitative estimate of drug-likeness (QED) is 0.572. The van der Waals surface area contributed by atoms with Gasteiger partial charge in [0.05, 0.1) is 5.69 Å². The summed E-state index contributed by atoms with van der Waals surface area (Å²) in [5.41, 5.74) is 3.80. The molecule has 0 spiro atoms. The van der Waals surface area contributed by atoms with Crippen molar-refractivity contribution in [2.24, 2.45) is 5.92 Å². The van der Waals surface area contributed by atoms with Crippen LogP contribution in [0, 0.1) is 5.92 Å². The maximum atomic E-state index is 4.84. The van der Waals surface area contributed by atoms with Crippen LogP contribution in [0.3, 0.4) is 0 Å². The molecule has 0 fully saturated rings. The molecular formula is C21H40N2. The van der Waals surface area contributed by atoms with E-state index in [2.05, 4.69) is 59.5 Å². The number of hydrogen-bond acceptors (Lipinski definition) is 2. The average molecular weight is 321 g/mol. The van der Waals surface area contributed by atoms with Crippen LogP contribution in [-0.2, 0) is 0 Å². The van der Waals surface area contributed by atoms with Gasteiger partial charge >= 0.3 is 0 Å². The molecule has 0 amide bonds. The molecule has 2 heteroatoms. The summed E-state index contributed by atoms with van der Waals surface area (Å²) >= 11 is 0. The molecule has 0 bridgehead atoms. The van der Waals surface area contributed by atoms with Gasteiger partial charge in [0, 0.05) is 17.7 Å². The predicted octanol–water partition coefficient (Wildman–Crippen LogP) is 7.23. The summed E-state index contributed by atoms with van der Waals surface area (Å²) in [7, 11) is 0. The first-order chi connectivity index (χ1) is 10.9. The Kier molecular flexibility index (Phi) is 13.9. The van der Waals surface area contributed by atoms with E-state index in [0.29, 0.717) is 17.8 Å². The van der Waals surface area contributed by atoms with E-state index in [1.54, 1.807) is 0 Å². The highest BCUT2D eigenvalue weighted by Crippen LogP contribution is 2.30. The van der Waals surface area contributed by atoms with E-state index in [0.717, 1.165) is 12.2 Å². The molecule has 0 aliphatic rings. The Labute approximate surface area is 145 Å². The van der Waals surface area contributed by atoms with E-state index < -0.39 is 0 Å². The van der Waals surface area contributed by atoms with Gasteiger partial charge in [-0.1, -0.05) is 75.3 Å². The molecule has 0 radical (unpaired) electrons. The summed E-state index contributed by atoms with van der Waals surface area (Å²) in [6.07, 6.45) is 5.33. The van der Waals surface area contributed by atoms with Crippen molar-refractivity contribution in [3.05, 3.63) is 29.4 Å². The molecule has 0 saturated heterocycles. The number of allylic oxidation sites excluding steroid dienone is 2. The van der Waals surface area contributed by atoms with Crippen LogP contribution in [0.15, 0.2) is 12.3 Å². The van der Waals surface area contributed by atoms with Crippen LogP contribution in [0.25, 0.3) is 5.57 Å². The summed E-state index contributed by atoms with van der Waals surface area (Å²) in [6.45, 7) is 23.3. The Bertz CT molecular complexity index is 445. The van der Waals surface area contributed by atoms with Gasteiger partial charge in [0.1, 0.15) is 5.82 Å². The van der Waals surface area contributed by atoms with E-state index >= 15 is 0 Å². The van der Waals surface area contributed by atoms with Crippen LogP contribution in [0.1, 0.15) is 111 Å². The number of rotatable bonds is 5. The van der Waals surface area contributed by atoms with Crippen molar-refractivity contribution in [3.8, 4) is 0 Å². The Morgan fingerprint density at radius 3 is 1.91 bits per heavy atom. The summed E-state index contributed by atoms with van der Waals surface area (Å²) in [5.74, 6) is 2.31. The third-order valence-electron chi connectivity index (χ3n) is 3.68. The lowest BCUT2D eigenvalue weighted by Crippen LogP contribution is -2.09. The second-order valence-electron chi connectivity index (χ2n) is 5.89. The summed E-state index contributed by atoms with van der Waals surface area (Å²) in [4.78, 5) is 9.40. The Morgan fingerprint density at radius 2 is 1.57 bits per heavy atom. The molecule has 23 heavy (non-hydrogen) atoms. The minimum absolute atomic E-state index is 0.380. The van der Waals surface area contributed by atoms with Gasteiger partial charge in [-0.15, -0.1) is 0 Å². The smallest absolute Gasteiger partial charge is 0.131 e. The lowest BCUT2D eigenvalue weighted by Gasteiger charge is -2.19. The van der Waals surface area contributed by atoms with Crippen molar-refractivity contribution < 1.29 is 0 Å². The SMILES string of the molecule is C/C=C(\c1cnc(C(C)C)nc1C(C)CC)C(C)C.CC.CC. The van der Waals surface area contributed by atoms with Crippen LogP contribution < -0.4 is 0 Å². The van der Waals surface area contributed by atoms with Gasteiger partial charge in [-0.25, -0.2) is 9.97 Å². The second-order valence-corrected chi connectivity index (χ2v) is 5.89. The Balaban J connectivity index is 0. The lowest BCUT2D eigenvalue weighted by molar-refractivity contribution is 0.671. The van der Waals surface area contributed by atoms with E-state index in [1.807, 2.05) is 33.9 Å². The molecule has 0 aliphatic carbocycles. The maximum absolute atomic E-state index is 4.84. The first-order valence-corrected chi connectivity index (χ1v) is 9.45. The number of hydrogen-bond donors (Lipinski definition) is 0. The Hall–Kier alpha value is -1.18. The first kappa shape index (κ1) is 24.1. The topological polar surface area (TPSA) is 25.8 Å². The second kappa shape index (κ2) is 13.3. The average Bonchev–Trinajstić information content (AvgIpc) is 2.58. The van der Waals surface area contributed by atoms with E-state index in [1.165, 1.54) is 16.8 Å². The van der Waals surface area contributed by atoms with Crippen molar-refractivity contribution >= 4 is 5.57 Å². The molecule has 0 N–H and O–H groups in total. The molecule has 0 saturated carbocycles. The zero-order valence-corrected chi connectivity index (χ0v) is 17.5. The van der Waals surface area contributed by atoms with Crippen LogP contribution >= 0.6 is 0 Å². The van der Waals surface area contributed by atoms with Crippen molar-refractivity contribution in [2.75, 3.05) is 0 Å². The van der Waals surface area contributed by atoms with Crippen LogP contribution in [0.4, 0.5) is 0 Å². The van der Waals surface area contributed by atoms with Gasteiger partial charge < -0.3 is 0 Å². The predicted molar refractivity (Wildman–Crippen MR) is 106 cm³/mol. The monoisotopic (exact) mass is 320 g/mol. The Morgan fingerprint density at radius 1 is 1.04 bits per heavy atom. The normalized spacial score (nSPS) is 12.3.